The first-order valence-electron chi connectivity index (χ1n) is 7.21. The van der Waals surface area contributed by atoms with Gasteiger partial charge in [-0.2, -0.15) is 0 Å². The molecule has 1 saturated carbocycles. The van der Waals surface area contributed by atoms with Crippen molar-refractivity contribution < 1.29 is 14.6 Å². The van der Waals surface area contributed by atoms with E-state index in [1.165, 1.54) is 5.01 Å². The third kappa shape index (κ3) is 5.78. The Morgan fingerprint density at radius 2 is 1.89 bits per heavy atom. The van der Waals surface area contributed by atoms with Crippen LogP contribution in [0.1, 0.15) is 59.3 Å². The first kappa shape index (κ1) is 16.2. The zero-order valence-corrected chi connectivity index (χ0v) is 12.4. The molecule has 0 atom stereocenters. The van der Waals surface area contributed by atoms with Crippen LogP contribution in [0.15, 0.2) is 0 Å². The van der Waals surface area contributed by atoms with Gasteiger partial charge in [0.15, 0.2) is 0 Å². The van der Waals surface area contributed by atoms with Gasteiger partial charge >= 0.3 is 6.09 Å². The maximum atomic E-state index is 11.9. The first-order chi connectivity index (χ1) is 8.83. The Kier molecular flexibility index (Phi) is 6.07. The summed E-state index contributed by atoms with van der Waals surface area (Å²) in [6.07, 6.45) is 5.49. The first-order valence-corrected chi connectivity index (χ1v) is 7.21. The summed E-state index contributed by atoms with van der Waals surface area (Å²) in [5.41, 5.74) is -0.507. The lowest BCUT2D eigenvalue weighted by atomic mass is 9.83. The fraction of sp³-hybridized carbons (Fsp3) is 0.929. The van der Waals surface area contributed by atoms with E-state index in [-0.39, 0.29) is 12.6 Å². The summed E-state index contributed by atoms with van der Waals surface area (Å²) in [6, 6.07) is 0.0835. The van der Waals surface area contributed by atoms with Crippen molar-refractivity contribution in [1.29, 1.82) is 0 Å². The molecule has 5 nitrogen and oxygen atoms in total. The molecule has 19 heavy (non-hydrogen) atoms. The highest BCUT2D eigenvalue weighted by Crippen LogP contribution is 2.30. The summed E-state index contributed by atoms with van der Waals surface area (Å²) < 4.78 is 5.27. The number of rotatable bonds is 4. The quantitative estimate of drug-likeness (QED) is 0.468. The minimum atomic E-state index is -0.507. The molecule has 0 aromatic carbocycles. The largest absolute Gasteiger partial charge is 0.443 e. The number of carbonyl (C=O) groups excluding carboxylic acids is 1. The molecule has 0 radical (unpaired) electrons. The molecule has 3 N–H and O–H groups in total. The molecule has 0 unspecified atom stereocenters. The van der Waals surface area contributed by atoms with Crippen LogP contribution < -0.4 is 5.84 Å². The molecule has 0 saturated heterocycles. The molecule has 1 aliphatic carbocycles. The van der Waals surface area contributed by atoms with Gasteiger partial charge in [0, 0.05) is 6.61 Å². The molecule has 0 bridgehead atoms. The number of hydrazine groups is 1. The Morgan fingerprint density at radius 3 is 2.37 bits per heavy atom. The van der Waals surface area contributed by atoms with Gasteiger partial charge in [-0.05, 0) is 65.2 Å². The van der Waals surface area contributed by atoms with E-state index >= 15 is 0 Å². The lowest BCUT2D eigenvalue weighted by Gasteiger charge is -2.34. The molecule has 0 aromatic rings. The molecule has 5 heteroatoms. The van der Waals surface area contributed by atoms with Gasteiger partial charge in [0.2, 0.25) is 0 Å². The Labute approximate surface area is 116 Å². The van der Waals surface area contributed by atoms with E-state index in [2.05, 4.69) is 0 Å². The van der Waals surface area contributed by atoms with Crippen LogP contribution in [0.4, 0.5) is 4.79 Å². The second-order valence-corrected chi connectivity index (χ2v) is 6.43. The molecule has 0 aliphatic heterocycles. The van der Waals surface area contributed by atoms with Gasteiger partial charge in [0.25, 0.3) is 0 Å². The molecular formula is C14H28N2O3. The van der Waals surface area contributed by atoms with Crippen molar-refractivity contribution >= 4 is 6.09 Å². The third-order valence-electron chi connectivity index (χ3n) is 3.58. The van der Waals surface area contributed by atoms with Gasteiger partial charge in [-0.3, -0.25) is 0 Å². The standard InChI is InChI=1S/C14H28N2O3/c1-14(2,3)19-13(18)16(15)12-8-6-11(7-9-12)5-4-10-17/h11-12,17H,4-10,15H2,1-3H3. The number of ether oxygens (including phenoxy) is 1. The van der Waals surface area contributed by atoms with Crippen LogP contribution in [0.25, 0.3) is 0 Å². The van der Waals surface area contributed by atoms with Crippen LogP contribution >= 0.6 is 0 Å². The Balaban J connectivity index is 2.36. The lowest BCUT2D eigenvalue weighted by molar-refractivity contribution is 0.00973. The molecular weight excluding hydrogens is 244 g/mol. The van der Waals surface area contributed by atoms with Crippen molar-refractivity contribution in [2.75, 3.05) is 6.61 Å². The number of aliphatic hydroxyl groups is 1. The van der Waals surface area contributed by atoms with E-state index in [1.807, 2.05) is 20.8 Å². The summed E-state index contributed by atoms with van der Waals surface area (Å²) in [4.78, 5) is 11.9. The molecule has 1 amide bonds. The Hall–Kier alpha value is -0.810. The van der Waals surface area contributed by atoms with Gasteiger partial charge in [0.1, 0.15) is 5.60 Å². The van der Waals surface area contributed by atoms with Crippen molar-refractivity contribution in [2.24, 2.45) is 11.8 Å². The average molecular weight is 272 g/mol. The minimum Gasteiger partial charge on any atom is -0.443 e. The van der Waals surface area contributed by atoms with E-state index in [0.29, 0.717) is 5.92 Å². The molecule has 0 spiro atoms. The van der Waals surface area contributed by atoms with Gasteiger partial charge in [-0.25, -0.2) is 15.6 Å². The van der Waals surface area contributed by atoms with Crippen LogP contribution in [0.3, 0.4) is 0 Å². The highest BCUT2D eigenvalue weighted by atomic mass is 16.6. The van der Waals surface area contributed by atoms with E-state index in [0.717, 1.165) is 38.5 Å². The van der Waals surface area contributed by atoms with Crippen molar-refractivity contribution in [3.63, 3.8) is 0 Å². The number of carbonyl (C=O) groups is 1. The average Bonchev–Trinajstić information content (AvgIpc) is 2.34. The normalized spacial score (nSPS) is 24.1. The number of hydrogen-bond acceptors (Lipinski definition) is 4. The molecule has 0 heterocycles. The molecule has 1 rings (SSSR count). The van der Waals surface area contributed by atoms with Gasteiger partial charge < -0.3 is 9.84 Å². The SMILES string of the molecule is CC(C)(C)OC(=O)N(N)C1CCC(CCCO)CC1. The maximum absolute atomic E-state index is 11.9. The van der Waals surface area contributed by atoms with Crippen LogP contribution in [-0.4, -0.2) is 34.5 Å². The number of amides is 1. The summed E-state index contributed by atoms with van der Waals surface area (Å²) in [7, 11) is 0. The second kappa shape index (κ2) is 7.10. The summed E-state index contributed by atoms with van der Waals surface area (Å²) in [5.74, 6) is 6.53. The second-order valence-electron chi connectivity index (χ2n) is 6.43. The summed E-state index contributed by atoms with van der Waals surface area (Å²) >= 11 is 0. The number of nitrogens with zero attached hydrogens (tertiary/aromatic N) is 1. The number of aliphatic hydroxyl groups excluding tert-OH is 1. The van der Waals surface area contributed by atoms with Crippen molar-refractivity contribution in [1.82, 2.24) is 5.01 Å². The van der Waals surface area contributed by atoms with E-state index < -0.39 is 11.7 Å². The van der Waals surface area contributed by atoms with E-state index in [9.17, 15) is 4.79 Å². The van der Waals surface area contributed by atoms with Crippen molar-refractivity contribution in [3.05, 3.63) is 0 Å². The molecule has 112 valence electrons. The Bertz CT molecular complexity index is 281. The number of nitrogens with two attached hydrogens (primary N) is 1. The summed E-state index contributed by atoms with van der Waals surface area (Å²) in [6.45, 7) is 5.78. The summed E-state index contributed by atoms with van der Waals surface area (Å²) in [5, 5.41) is 10.1. The maximum Gasteiger partial charge on any atom is 0.424 e. The van der Waals surface area contributed by atoms with E-state index in [4.69, 9.17) is 15.7 Å². The predicted molar refractivity (Wildman–Crippen MR) is 74.3 cm³/mol. The van der Waals surface area contributed by atoms with E-state index in [1.54, 1.807) is 0 Å². The van der Waals surface area contributed by atoms with Crippen molar-refractivity contribution in [2.45, 2.75) is 70.9 Å². The number of hydrogen-bond donors (Lipinski definition) is 2. The van der Waals surface area contributed by atoms with Crippen LogP contribution in [0.5, 0.6) is 0 Å². The Morgan fingerprint density at radius 1 is 1.32 bits per heavy atom. The zero-order valence-electron chi connectivity index (χ0n) is 12.4. The van der Waals surface area contributed by atoms with Gasteiger partial charge in [-0.1, -0.05) is 0 Å². The van der Waals surface area contributed by atoms with Gasteiger partial charge in [0.05, 0.1) is 6.04 Å². The molecule has 0 aromatic heterocycles. The fourth-order valence-corrected chi connectivity index (χ4v) is 2.56. The third-order valence-corrected chi connectivity index (χ3v) is 3.58. The molecule has 1 aliphatic rings. The smallest absolute Gasteiger partial charge is 0.424 e. The molecule has 1 fully saturated rings. The highest BCUT2D eigenvalue weighted by molar-refractivity contribution is 5.67. The van der Waals surface area contributed by atoms with Crippen LogP contribution in [0.2, 0.25) is 0 Å². The lowest BCUT2D eigenvalue weighted by Crippen LogP contribution is -2.49. The van der Waals surface area contributed by atoms with Crippen LogP contribution in [-0.2, 0) is 4.74 Å². The topological polar surface area (TPSA) is 75.8 Å². The minimum absolute atomic E-state index is 0.0835. The highest BCUT2D eigenvalue weighted by Gasteiger charge is 2.29. The monoisotopic (exact) mass is 272 g/mol. The van der Waals surface area contributed by atoms with Crippen molar-refractivity contribution in [3.8, 4) is 0 Å². The van der Waals surface area contributed by atoms with Gasteiger partial charge in [-0.15, -0.1) is 0 Å². The zero-order chi connectivity index (χ0) is 14.5. The fourth-order valence-electron chi connectivity index (χ4n) is 2.56. The van der Waals surface area contributed by atoms with Crippen LogP contribution in [0, 0.1) is 5.92 Å². The predicted octanol–water partition coefficient (Wildman–Crippen LogP) is 2.43.